The van der Waals surface area contributed by atoms with Gasteiger partial charge in [-0.2, -0.15) is 16.3 Å². The molecule has 1 saturated carbocycles. The molecule has 2 amide bonds. The van der Waals surface area contributed by atoms with E-state index in [1.165, 1.54) is 0 Å². The molecule has 0 aliphatic heterocycles. The van der Waals surface area contributed by atoms with Crippen molar-refractivity contribution in [2.45, 2.75) is 25.7 Å². The first-order valence-corrected chi connectivity index (χ1v) is 9.67. The average molecular weight is 382 g/mol. The molecule has 1 aliphatic rings. The minimum atomic E-state index is -0.139. The Morgan fingerprint density at radius 3 is 2.52 bits per heavy atom. The summed E-state index contributed by atoms with van der Waals surface area (Å²) in [6.45, 7) is 0. The van der Waals surface area contributed by atoms with Crippen LogP contribution in [0.5, 0.6) is 0 Å². The minimum absolute atomic E-state index is 0.0631. The van der Waals surface area contributed by atoms with Crippen molar-refractivity contribution >= 4 is 34.5 Å². The topological polar surface area (TPSA) is 97.1 Å². The van der Waals surface area contributed by atoms with E-state index in [2.05, 4.69) is 20.8 Å². The maximum Gasteiger partial charge on any atom is 0.227 e. The Labute approximate surface area is 159 Å². The van der Waals surface area contributed by atoms with Gasteiger partial charge in [-0.3, -0.25) is 9.59 Å². The highest BCUT2D eigenvalue weighted by atomic mass is 32.1. The SMILES string of the molecule is O=C(CCc1nc(-c2ccsc2)no1)Nc1ccc(NC(=O)C2CC2)cc1. The van der Waals surface area contributed by atoms with E-state index in [0.717, 1.165) is 24.1 Å². The van der Waals surface area contributed by atoms with Crippen molar-refractivity contribution in [3.8, 4) is 11.4 Å². The van der Waals surface area contributed by atoms with Crippen LogP contribution in [0.15, 0.2) is 45.6 Å². The van der Waals surface area contributed by atoms with Gasteiger partial charge in [0.2, 0.25) is 23.5 Å². The molecule has 2 N–H and O–H groups in total. The molecule has 3 aromatic rings. The third-order valence-electron chi connectivity index (χ3n) is 4.20. The molecule has 2 heterocycles. The molecule has 27 heavy (non-hydrogen) atoms. The third-order valence-corrected chi connectivity index (χ3v) is 4.88. The average Bonchev–Trinajstić information content (AvgIpc) is 3.17. The number of carbonyl (C=O) groups excluding carboxylic acids is 2. The summed E-state index contributed by atoms with van der Waals surface area (Å²) < 4.78 is 5.19. The number of benzene rings is 1. The normalized spacial score (nSPS) is 13.3. The van der Waals surface area contributed by atoms with Crippen molar-refractivity contribution in [2.24, 2.45) is 5.92 Å². The molecule has 1 fully saturated rings. The summed E-state index contributed by atoms with van der Waals surface area (Å²) in [6, 6.07) is 9.01. The number of hydrogen-bond donors (Lipinski definition) is 2. The van der Waals surface area contributed by atoms with Crippen molar-refractivity contribution in [3.05, 3.63) is 47.0 Å². The van der Waals surface area contributed by atoms with Gasteiger partial charge in [0.15, 0.2) is 0 Å². The van der Waals surface area contributed by atoms with Crippen LogP contribution >= 0.6 is 11.3 Å². The zero-order valence-electron chi connectivity index (χ0n) is 14.5. The van der Waals surface area contributed by atoms with Gasteiger partial charge < -0.3 is 15.2 Å². The molecule has 0 bridgehead atoms. The van der Waals surface area contributed by atoms with Crippen molar-refractivity contribution in [2.75, 3.05) is 10.6 Å². The van der Waals surface area contributed by atoms with Crippen LogP contribution in [0.3, 0.4) is 0 Å². The Hall–Kier alpha value is -3.00. The Balaban J connectivity index is 1.26. The molecule has 2 aromatic heterocycles. The highest BCUT2D eigenvalue weighted by Gasteiger charge is 2.29. The van der Waals surface area contributed by atoms with Crippen molar-refractivity contribution < 1.29 is 14.1 Å². The number of hydrogen-bond acceptors (Lipinski definition) is 6. The summed E-state index contributed by atoms with van der Waals surface area (Å²) in [4.78, 5) is 28.1. The fourth-order valence-corrected chi connectivity index (χ4v) is 3.17. The molecule has 0 atom stereocenters. The van der Waals surface area contributed by atoms with Gasteiger partial charge >= 0.3 is 0 Å². The Kier molecular flexibility index (Phi) is 4.97. The number of thiophene rings is 1. The molecule has 1 aromatic carbocycles. The van der Waals surface area contributed by atoms with E-state index in [1.54, 1.807) is 35.6 Å². The van der Waals surface area contributed by atoms with Gasteiger partial charge in [-0.15, -0.1) is 0 Å². The maximum atomic E-state index is 12.1. The van der Waals surface area contributed by atoms with E-state index in [4.69, 9.17) is 4.52 Å². The van der Waals surface area contributed by atoms with E-state index < -0.39 is 0 Å². The highest BCUT2D eigenvalue weighted by Crippen LogP contribution is 2.30. The smallest absolute Gasteiger partial charge is 0.227 e. The summed E-state index contributed by atoms with van der Waals surface area (Å²) in [6.07, 6.45) is 2.55. The lowest BCUT2D eigenvalue weighted by atomic mass is 10.2. The van der Waals surface area contributed by atoms with Crippen LogP contribution < -0.4 is 10.6 Å². The van der Waals surface area contributed by atoms with Crippen LogP contribution in [-0.4, -0.2) is 22.0 Å². The lowest BCUT2D eigenvalue weighted by Crippen LogP contribution is -2.14. The quantitative estimate of drug-likeness (QED) is 0.649. The third kappa shape index (κ3) is 4.59. The zero-order valence-corrected chi connectivity index (χ0v) is 15.3. The van der Waals surface area contributed by atoms with Crippen LogP contribution in [0.25, 0.3) is 11.4 Å². The number of aromatic nitrogens is 2. The number of carbonyl (C=O) groups is 2. The molecule has 0 saturated heterocycles. The number of anilines is 2. The number of nitrogens with one attached hydrogen (secondary N) is 2. The largest absolute Gasteiger partial charge is 0.339 e. The van der Waals surface area contributed by atoms with Crippen molar-refractivity contribution in [3.63, 3.8) is 0 Å². The molecular formula is C19H18N4O3S. The molecular weight excluding hydrogens is 364 g/mol. The second kappa shape index (κ2) is 7.71. The van der Waals surface area contributed by atoms with E-state index in [-0.39, 0.29) is 24.2 Å². The second-order valence-corrected chi connectivity index (χ2v) is 7.19. The van der Waals surface area contributed by atoms with Gasteiger partial charge in [-0.1, -0.05) is 5.16 Å². The number of aryl methyl sites for hydroxylation is 1. The lowest BCUT2D eigenvalue weighted by molar-refractivity contribution is -0.117. The standard InChI is InChI=1S/C19H18N4O3S/c24-16(7-8-17-22-18(23-26-17)13-9-10-27-11-13)20-14-3-5-15(6-4-14)21-19(25)12-1-2-12/h3-6,9-12H,1-2,7-8H2,(H,20,24)(H,21,25). The molecule has 138 valence electrons. The van der Waals surface area contributed by atoms with Crippen LogP contribution in [0.1, 0.15) is 25.2 Å². The molecule has 8 heteroatoms. The molecule has 0 unspecified atom stereocenters. The molecule has 4 rings (SSSR count). The van der Waals surface area contributed by atoms with Crippen LogP contribution in [0, 0.1) is 5.92 Å². The fourth-order valence-electron chi connectivity index (χ4n) is 2.54. The van der Waals surface area contributed by atoms with E-state index in [1.807, 2.05) is 16.8 Å². The van der Waals surface area contributed by atoms with E-state index in [9.17, 15) is 9.59 Å². The van der Waals surface area contributed by atoms with Gasteiger partial charge in [0.1, 0.15) is 0 Å². The summed E-state index contributed by atoms with van der Waals surface area (Å²) in [7, 11) is 0. The van der Waals surface area contributed by atoms with Gasteiger partial charge in [-0.25, -0.2) is 0 Å². The van der Waals surface area contributed by atoms with E-state index in [0.29, 0.717) is 23.8 Å². The summed E-state index contributed by atoms with van der Waals surface area (Å²) in [5.74, 6) is 1.06. The summed E-state index contributed by atoms with van der Waals surface area (Å²) in [5, 5.41) is 13.5. The zero-order chi connectivity index (χ0) is 18.6. The van der Waals surface area contributed by atoms with E-state index >= 15 is 0 Å². The molecule has 0 radical (unpaired) electrons. The predicted octanol–water partition coefficient (Wildman–Crippen LogP) is 3.72. The molecule has 0 spiro atoms. The van der Waals surface area contributed by atoms with Crippen molar-refractivity contribution in [1.29, 1.82) is 0 Å². The van der Waals surface area contributed by atoms with Crippen LogP contribution in [-0.2, 0) is 16.0 Å². The Bertz CT molecular complexity index is 930. The molecule has 7 nitrogen and oxygen atoms in total. The van der Waals surface area contributed by atoms with Crippen molar-refractivity contribution in [1.82, 2.24) is 10.1 Å². The number of amides is 2. The Morgan fingerprint density at radius 2 is 1.85 bits per heavy atom. The fraction of sp³-hybridized carbons (Fsp3) is 0.263. The second-order valence-electron chi connectivity index (χ2n) is 6.41. The van der Waals surface area contributed by atoms with Gasteiger partial charge in [0.25, 0.3) is 0 Å². The monoisotopic (exact) mass is 382 g/mol. The number of nitrogens with zero attached hydrogens (tertiary/aromatic N) is 2. The maximum absolute atomic E-state index is 12.1. The first-order chi connectivity index (χ1) is 13.2. The first kappa shape index (κ1) is 17.4. The predicted molar refractivity (Wildman–Crippen MR) is 102 cm³/mol. The highest BCUT2D eigenvalue weighted by molar-refractivity contribution is 7.08. The summed E-state index contributed by atoms with van der Waals surface area (Å²) in [5.41, 5.74) is 2.32. The van der Waals surface area contributed by atoms with Gasteiger partial charge in [0, 0.05) is 41.1 Å². The van der Waals surface area contributed by atoms with Gasteiger partial charge in [-0.05, 0) is 48.6 Å². The van der Waals surface area contributed by atoms with Crippen LogP contribution in [0.4, 0.5) is 11.4 Å². The Morgan fingerprint density at radius 1 is 1.11 bits per heavy atom. The molecule has 1 aliphatic carbocycles. The number of rotatable bonds is 7. The first-order valence-electron chi connectivity index (χ1n) is 8.73. The minimum Gasteiger partial charge on any atom is -0.339 e. The van der Waals surface area contributed by atoms with Crippen LogP contribution in [0.2, 0.25) is 0 Å². The lowest BCUT2D eigenvalue weighted by Gasteiger charge is -2.07. The van der Waals surface area contributed by atoms with Gasteiger partial charge in [0.05, 0.1) is 0 Å². The summed E-state index contributed by atoms with van der Waals surface area (Å²) >= 11 is 1.56.